The second-order valence-electron chi connectivity index (χ2n) is 6.99. The summed E-state index contributed by atoms with van der Waals surface area (Å²) in [5, 5.41) is 20.8. The number of benzene rings is 1. The number of rotatable bonds is 4. The van der Waals surface area contributed by atoms with E-state index in [9.17, 15) is 10.2 Å². The van der Waals surface area contributed by atoms with Crippen molar-refractivity contribution in [1.29, 1.82) is 0 Å². The van der Waals surface area contributed by atoms with Crippen molar-refractivity contribution in [2.24, 2.45) is 0 Å². The molecule has 2 aromatic rings. The van der Waals surface area contributed by atoms with Gasteiger partial charge in [0.05, 0.1) is 18.2 Å². The van der Waals surface area contributed by atoms with Crippen LogP contribution in [0, 0.1) is 0 Å². The van der Waals surface area contributed by atoms with Crippen molar-refractivity contribution in [3.05, 3.63) is 58.1 Å². The van der Waals surface area contributed by atoms with Crippen LogP contribution in [0.5, 0.6) is 0 Å². The van der Waals surface area contributed by atoms with Crippen LogP contribution in [-0.4, -0.2) is 41.0 Å². The summed E-state index contributed by atoms with van der Waals surface area (Å²) in [6, 6.07) is 7.67. The quantitative estimate of drug-likeness (QED) is 0.823. The monoisotopic (exact) mass is 386 g/mol. The summed E-state index contributed by atoms with van der Waals surface area (Å²) in [5.41, 5.74) is 4.56. The van der Waals surface area contributed by atoms with Crippen LogP contribution in [-0.2, 0) is 6.42 Å². The van der Waals surface area contributed by atoms with Crippen LogP contribution >= 0.6 is 11.6 Å². The van der Waals surface area contributed by atoms with E-state index in [4.69, 9.17) is 16.6 Å². The van der Waals surface area contributed by atoms with Crippen LogP contribution in [0.3, 0.4) is 0 Å². The lowest BCUT2D eigenvalue weighted by atomic mass is 10.0. The van der Waals surface area contributed by atoms with Crippen LogP contribution in [0.15, 0.2) is 47.6 Å². The summed E-state index contributed by atoms with van der Waals surface area (Å²) >= 11 is 6.18. The molecule has 1 aromatic heterocycles. The zero-order valence-corrected chi connectivity index (χ0v) is 16.7. The Morgan fingerprint density at radius 2 is 2.00 bits per heavy atom. The molecule has 1 unspecified atom stereocenters. The largest absolute Gasteiger partial charge is 0.394 e. The molecule has 1 fully saturated rings. The number of allylic oxidation sites excluding steroid dienone is 2. The van der Waals surface area contributed by atoms with Gasteiger partial charge in [-0.05, 0) is 67.7 Å². The number of fused-ring (bicyclic) bond motifs is 1. The fraction of sp³-hybridized carbons (Fsp3) is 0.409. The normalized spacial score (nSPS) is 19.7. The molecule has 0 amide bonds. The van der Waals surface area contributed by atoms with E-state index in [1.54, 1.807) is 0 Å². The summed E-state index contributed by atoms with van der Waals surface area (Å²) in [6.07, 6.45) is 6.11. The summed E-state index contributed by atoms with van der Waals surface area (Å²) in [5.74, 6) is 0.904. The van der Waals surface area contributed by atoms with Gasteiger partial charge in [-0.15, -0.1) is 0 Å². The minimum Gasteiger partial charge on any atom is -0.394 e. The molecule has 5 heteroatoms. The molecule has 0 spiro atoms. The Morgan fingerprint density at radius 3 is 2.70 bits per heavy atom. The van der Waals surface area contributed by atoms with Gasteiger partial charge in [0.2, 0.25) is 0 Å². The van der Waals surface area contributed by atoms with E-state index in [0.29, 0.717) is 11.4 Å². The molecular weight excluding hydrogens is 360 g/mol. The third-order valence-electron chi connectivity index (χ3n) is 5.18. The van der Waals surface area contributed by atoms with E-state index in [1.165, 1.54) is 11.1 Å². The molecular formula is C22H27ClN2O2. The highest BCUT2D eigenvalue weighted by molar-refractivity contribution is 6.31. The lowest BCUT2D eigenvalue weighted by Crippen LogP contribution is -2.26. The first-order valence-electron chi connectivity index (χ1n) is 9.49. The van der Waals surface area contributed by atoms with Gasteiger partial charge in [0.1, 0.15) is 5.82 Å². The number of aliphatic hydroxyl groups excluding tert-OH is 2. The average Bonchev–Trinajstić information content (AvgIpc) is 2.90. The van der Waals surface area contributed by atoms with Crippen LogP contribution in [0.4, 0.5) is 5.82 Å². The van der Waals surface area contributed by atoms with Crippen molar-refractivity contribution < 1.29 is 10.2 Å². The van der Waals surface area contributed by atoms with Gasteiger partial charge >= 0.3 is 0 Å². The molecule has 4 nitrogen and oxygen atoms in total. The van der Waals surface area contributed by atoms with E-state index < -0.39 is 6.10 Å². The van der Waals surface area contributed by atoms with Crippen LogP contribution in [0.1, 0.15) is 32.3 Å². The minimum absolute atomic E-state index is 0.267. The summed E-state index contributed by atoms with van der Waals surface area (Å²) < 4.78 is 0. The van der Waals surface area contributed by atoms with E-state index >= 15 is 0 Å². The molecule has 1 saturated heterocycles. The first-order chi connectivity index (χ1) is 13.0. The Morgan fingerprint density at radius 1 is 1.22 bits per heavy atom. The molecule has 144 valence electrons. The second kappa shape index (κ2) is 8.87. The summed E-state index contributed by atoms with van der Waals surface area (Å²) in [4.78, 5) is 7.17. The number of aromatic nitrogens is 1. The van der Waals surface area contributed by atoms with Gasteiger partial charge in [-0.3, -0.25) is 0 Å². The van der Waals surface area contributed by atoms with E-state index in [-0.39, 0.29) is 6.61 Å². The Hall–Kier alpha value is -1.88. The molecule has 1 aromatic carbocycles. The average molecular weight is 387 g/mol. The van der Waals surface area contributed by atoms with Crippen molar-refractivity contribution in [2.75, 3.05) is 24.6 Å². The fourth-order valence-corrected chi connectivity index (χ4v) is 3.88. The van der Waals surface area contributed by atoms with Crippen molar-refractivity contribution in [3.8, 4) is 0 Å². The highest BCUT2D eigenvalue weighted by Gasteiger charge is 2.19. The standard InChI is InChI=1S/C22H27ClN2O2/c1-3-15-6-5-9-25(13-16(15)4-2)22-11-17(10-19(27)14-26)20-12-18(23)7-8-21(20)24-22/h3-4,7-8,11-12,19,26-27H,5-6,9-10,13-14H2,1-2H3/b15-3-,16-4-. The van der Waals surface area contributed by atoms with E-state index in [0.717, 1.165) is 48.2 Å². The van der Waals surface area contributed by atoms with Crippen molar-refractivity contribution in [2.45, 2.75) is 39.2 Å². The maximum Gasteiger partial charge on any atom is 0.129 e. The third kappa shape index (κ3) is 4.52. The van der Waals surface area contributed by atoms with Gasteiger partial charge in [-0.2, -0.15) is 0 Å². The number of hydrogen-bond donors (Lipinski definition) is 2. The fourth-order valence-electron chi connectivity index (χ4n) is 3.71. The van der Waals surface area contributed by atoms with Gasteiger partial charge in [0.15, 0.2) is 0 Å². The van der Waals surface area contributed by atoms with Gasteiger partial charge in [0.25, 0.3) is 0 Å². The van der Waals surface area contributed by atoms with E-state index in [1.807, 2.05) is 24.3 Å². The number of halogens is 1. The predicted octanol–water partition coefficient (Wildman–Crippen LogP) is 4.28. The molecule has 1 atom stereocenters. The Labute approximate surface area is 165 Å². The number of anilines is 1. The Balaban J connectivity index is 2.04. The van der Waals surface area contributed by atoms with Gasteiger partial charge in [0, 0.05) is 29.9 Å². The smallest absolute Gasteiger partial charge is 0.129 e. The second-order valence-corrected chi connectivity index (χ2v) is 7.43. The Kier molecular flexibility index (Phi) is 6.53. The zero-order chi connectivity index (χ0) is 19.4. The topological polar surface area (TPSA) is 56.6 Å². The number of pyridine rings is 1. The van der Waals surface area contributed by atoms with Crippen LogP contribution in [0.25, 0.3) is 10.9 Å². The maximum atomic E-state index is 10.00. The van der Waals surface area contributed by atoms with Crippen LogP contribution < -0.4 is 4.90 Å². The molecule has 0 aliphatic carbocycles. The van der Waals surface area contributed by atoms with E-state index in [2.05, 4.69) is 30.9 Å². The first kappa shape index (κ1) is 19.9. The first-order valence-corrected chi connectivity index (χ1v) is 9.87. The summed E-state index contributed by atoms with van der Waals surface area (Å²) in [7, 11) is 0. The molecule has 0 radical (unpaired) electrons. The van der Waals surface area contributed by atoms with Crippen molar-refractivity contribution in [3.63, 3.8) is 0 Å². The van der Waals surface area contributed by atoms with Gasteiger partial charge in [-0.1, -0.05) is 23.8 Å². The van der Waals surface area contributed by atoms with Gasteiger partial charge in [-0.25, -0.2) is 4.98 Å². The molecule has 2 heterocycles. The zero-order valence-electron chi connectivity index (χ0n) is 16.0. The molecule has 3 rings (SSSR count). The van der Waals surface area contributed by atoms with Gasteiger partial charge < -0.3 is 15.1 Å². The lowest BCUT2D eigenvalue weighted by Gasteiger charge is -2.24. The number of nitrogens with zero attached hydrogens (tertiary/aromatic N) is 2. The van der Waals surface area contributed by atoms with Crippen molar-refractivity contribution in [1.82, 2.24) is 4.98 Å². The van der Waals surface area contributed by atoms with Crippen molar-refractivity contribution >= 4 is 28.3 Å². The molecule has 1 aliphatic heterocycles. The third-order valence-corrected chi connectivity index (χ3v) is 5.41. The lowest BCUT2D eigenvalue weighted by molar-refractivity contribution is 0.0957. The minimum atomic E-state index is -0.799. The number of hydrogen-bond acceptors (Lipinski definition) is 4. The molecule has 27 heavy (non-hydrogen) atoms. The van der Waals surface area contributed by atoms with Crippen LogP contribution in [0.2, 0.25) is 5.02 Å². The molecule has 2 N–H and O–H groups in total. The molecule has 0 saturated carbocycles. The Bertz CT molecular complexity index is 876. The predicted molar refractivity (Wildman–Crippen MR) is 113 cm³/mol. The highest BCUT2D eigenvalue weighted by atomic mass is 35.5. The molecule has 0 bridgehead atoms. The number of aliphatic hydroxyl groups is 2. The highest BCUT2D eigenvalue weighted by Crippen LogP contribution is 2.30. The SMILES string of the molecule is C/C=C1/CCCN(c2cc(CC(O)CO)c3cc(Cl)ccc3n2)C/C1=C/C. The maximum absolute atomic E-state index is 10.00. The summed E-state index contributed by atoms with van der Waals surface area (Å²) in [6.45, 7) is 5.67. The molecule has 1 aliphatic rings.